The van der Waals surface area contributed by atoms with Gasteiger partial charge in [0.05, 0.1) is 30.6 Å². The van der Waals surface area contributed by atoms with Gasteiger partial charge in [-0.2, -0.15) is 0 Å². The van der Waals surface area contributed by atoms with Gasteiger partial charge in [0.15, 0.2) is 5.11 Å². The predicted molar refractivity (Wildman–Crippen MR) is 114 cm³/mol. The highest BCUT2D eigenvalue weighted by atomic mass is 32.1. The smallest absolute Gasteiger partial charge is 0.170 e. The van der Waals surface area contributed by atoms with E-state index in [0.717, 1.165) is 23.1 Å². The molecule has 1 aliphatic heterocycles. The van der Waals surface area contributed by atoms with Crippen molar-refractivity contribution in [3.63, 3.8) is 0 Å². The first-order valence-electron chi connectivity index (χ1n) is 9.66. The number of aryl methyl sites for hydroxylation is 1. The van der Waals surface area contributed by atoms with E-state index < -0.39 is 0 Å². The Kier molecular flexibility index (Phi) is 4.98. The van der Waals surface area contributed by atoms with Crippen LogP contribution in [-0.2, 0) is 6.54 Å². The van der Waals surface area contributed by atoms with E-state index >= 15 is 0 Å². The Labute approximate surface area is 171 Å². The first-order chi connectivity index (χ1) is 13.5. The molecule has 0 bridgehead atoms. The van der Waals surface area contributed by atoms with Crippen LogP contribution in [0, 0.1) is 13.8 Å². The van der Waals surface area contributed by atoms with Crippen molar-refractivity contribution in [1.29, 1.82) is 0 Å². The Morgan fingerprint density at radius 1 is 1.21 bits per heavy atom. The molecule has 4 heterocycles. The monoisotopic (exact) mass is 394 g/mol. The van der Waals surface area contributed by atoms with Gasteiger partial charge in [-0.15, -0.1) is 0 Å². The average Bonchev–Trinajstić information content (AvgIpc) is 3.37. The first-order valence-corrected chi connectivity index (χ1v) is 10.1. The molecule has 0 spiro atoms. The highest BCUT2D eigenvalue weighted by Gasteiger charge is 2.42. The number of pyridine rings is 1. The van der Waals surface area contributed by atoms with Crippen LogP contribution in [0.3, 0.4) is 0 Å². The van der Waals surface area contributed by atoms with E-state index in [1.807, 2.05) is 30.5 Å². The summed E-state index contributed by atoms with van der Waals surface area (Å²) in [5, 5.41) is 4.30. The molecule has 1 saturated heterocycles. The molecule has 146 valence electrons. The summed E-state index contributed by atoms with van der Waals surface area (Å²) in [6.07, 6.45) is 3.57. The third-order valence-electron chi connectivity index (χ3n) is 5.52. The third-order valence-corrected chi connectivity index (χ3v) is 5.85. The lowest BCUT2D eigenvalue weighted by Crippen LogP contribution is -2.35. The average molecular weight is 395 g/mol. The Hall–Kier alpha value is -2.60. The lowest BCUT2D eigenvalue weighted by molar-refractivity contribution is 0.268. The predicted octanol–water partition coefficient (Wildman–Crippen LogP) is 4.52. The fourth-order valence-corrected chi connectivity index (χ4v) is 4.63. The van der Waals surface area contributed by atoms with Gasteiger partial charge in [-0.05, 0) is 75.8 Å². The van der Waals surface area contributed by atoms with Crippen LogP contribution >= 0.6 is 12.2 Å². The quantitative estimate of drug-likeness (QED) is 0.645. The molecule has 0 aliphatic carbocycles. The minimum absolute atomic E-state index is 0.0219. The second kappa shape index (κ2) is 7.43. The van der Waals surface area contributed by atoms with Crippen molar-refractivity contribution in [2.24, 2.45) is 0 Å². The van der Waals surface area contributed by atoms with Crippen molar-refractivity contribution >= 4 is 17.3 Å². The lowest BCUT2D eigenvalue weighted by Gasteiger charge is -2.31. The summed E-state index contributed by atoms with van der Waals surface area (Å²) in [6.45, 7) is 9.43. The largest absolute Gasteiger partial charge is 0.467 e. The molecule has 3 aromatic heterocycles. The van der Waals surface area contributed by atoms with E-state index in [-0.39, 0.29) is 18.1 Å². The molecule has 1 fully saturated rings. The van der Waals surface area contributed by atoms with Gasteiger partial charge in [-0.1, -0.05) is 6.07 Å². The van der Waals surface area contributed by atoms with Crippen molar-refractivity contribution in [2.45, 2.75) is 52.4 Å². The first kappa shape index (κ1) is 18.7. The Morgan fingerprint density at radius 2 is 2.04 bits per heavy atom. The molecule has 5 nitrogen and oxygen atoms in total. The third kappa shape index (κ3) is 3.22. The Morgan fingerprint density at radius 3 is 2.68 bits per heavy atom. The second-order valence-corrected chi connectivity index (χ2v) is 8.01. The highest BCUT2D eigenvalue weighted by Crippen LogP contribution is 2.41. The summed E-state index contributed by atoms with van der Waals surface area (Å²) in [7, 11) is 0. The van der Waals surface area contributed by atoms with E-state index in [1.165, 1.54) is 17.0 Å². The van der Waals surface area contributed by atoms with Crippen molar-refractivity contribution in [2.75, 3.05) is 0 Å². The number of rotatable bonds is 5. The zero-order valence-electron chi connectivity index (χ0n) is 16.7. The Bertz CT molecular complexity index is 962. The number of furan rings is 1. The molecular formula is C22H26N4OS. The molecule has 3 aromatic rings. The molecule has 6 heteroatoms. The molecule has 0 saturated carbocycles. The number of hydrogen-bond donors (Lipinski definition) is 1. The summed E-state index contributed by atoms with van der Waals surface area (Å²) < 4.78 is 7.88. The highest BCUT2D eigenvalue weighted by molar-refractivity contribution is 7.80. The van der Waals surface area contributed by atoms with Gasteiger partial charge in [0.25, 0.3) is 0 Å². The van der Waals surface area contributed by atoms with E-state index in [4.69, 9.17) is 16.6 Å². The fourth-order valence-electron chi connectivity index (χ4n) is 4.18. The van der Waals surface area contributed by atoms with Crippen LogP contribution in [-0.4, -0.2) is 25.6 Å². The summed E-state index contributed by atoms with van der Waals surface area (Å²) in [5.41, 5.74) is 4.73. The standard InChI is InChI=1S/C22H26N4OS/c1-14(2)26-21(20(24-22(26)28)19-9-5-6-10-23-19)18-12-15(3)25(16(18)4)13-17-8-7-11-27-17/h5-12,14,20-21H,13H2,1-4H3,(H,24,28)/t20-,21+/m0/s1. The van der Waals surface area contributed by atoms with E-state index in [0.29, 0.717) is 0 Å². The van der Waals surface area contributed by atoms with Gasteiger partial charge in [0, 0.05) is 23.6 Å². The number of hydrogen-bond acceptors (Lipinski definition) is 3. The van der Waals surface area contributed by atoms with Crippen LogP contribution in [0.1, 0.15) is 54.3 Å². The zero-order valence-corrected chi connectivity index (χ0v) is 17.5. The summed E-state index contributed by atoms with van der Waals surface area (Å²) in [6, 6.07) is 12.7. The molecule has 1 aliphatic rings. The van der Waals surface area contributed by atoms with E-state index in [1.54, 1.807) is 6.26 Å². The number of aromatic nitrogens is 2. The van der Waals surface area contributed by atoms with Crippen molar-refractivity contribution in [3.8, 4) is 0 Å². The zero-order chi connectivity index (χ0) is 19.8. The lowest BCUT2D eigenvalue weighted by atomic mass is 9.96. The number of nitrogens with one attached hydrogen (secondary N) is 1. The normalized spacial score (nSPS) is 19.5. The van der Waals surface area contributed by atoms with Gasteiger partial charge in [-0.3, -0.25) is 4.98 Å². The van der Waals surface area contributed by atoms with Gasteiger partial charge in [0.1, 0.15) is 5.76 Å². The van der Waals surface area contributed by atoms with E-state index in [2.05, 4.69) is 59.6 Å². The molecule has 2 atom stereocenters. The van der Waals surface area contributed by atoms with Crippen LogP contribution < -0.4 is 5.32 Å². The maximum atomic E-state index is 5.71. The second-order valence-electron chi connectivity index (χ2n) is 7.62. The molecule has 0 radical (unpaired) electrons. The Balaban J connectivity index is 1.78. The van der Waals surface area contributed by atoms with Gasteiger partial charge in [-0.25, -0.2) is 0 Å². The molecule has 0 amide bonds. The van der Waals surface area contributed by atoms with Gasteiger partial charge < -0.3 is 19.2 Å². The fraction of sp³-hybridized carbons (Fsp3) is 0.364. The summed E-state index contributed by atoms with van der Waals surface area (Å²) in [4.78, 5) is 6.91. The topological polar surface area (TPSA) is 46.2 Å². The molecule has 28 heavy (non-hydrogen) atoms. The van der Waals surface area contributed by atoms with Crippen molar-refractivity contribution < 1.29 is 4.42 Å². The molecule has 0 unspecified atom stereocenters. The molecule has 0 aromatic carbocycles. The maximum absolute atomic E-state index is 5.71. The summed E-state index contributed by atoms with van der Waals surface area (Å²) >= 11 is 5.71. The van der Waals surface area contributed by atoms with Gasteiger partial charge in [0.2, 0.25) is 0 Å². The SMILES string of the molecule is Cc1cc([C@@H]2[C@H](c3ccccn3)NC(=S)N2C(C)C)c(C)n1Cc1ccco1. The number of thiocarbonyl (C=S) groups is 1. The van der Waals surface area contributed by atoms with Crippen LogP contribution in [0.2, 0.25) is 0 Å². The van der Waals surface area contributed by atoms with E-state index in [9.17, 15) is 0 Å². The maximum Gasteiger partial charge on any atom is 0.170 e. The van der Waals surface area contributed by atoms with Crippen LogP contribution in [0.15, 0.2) is 53.3 Å². The van der Waals surface area contributed by atoms with Crippen LogP contribution in [0.5, 0.6) is 0 Å². The summed E-state index contributed by atoms with van der Waals surface area (Å²) in [5.74, 6) is 0.954. The van der Waals surface area contributed by atoms with Crippen molar-refractivity contribution in [3.05, 3.63) is 77.3 Å². The molecule has 1 N–H and O–H groups in total. The van der Waals surface area contributed by atoms with Crippen molar-refractivity contribution in [1.82, 2.24) is 19.8 Å². The minimum atomic E-state index is 0.0219. The minimum Gasteiger partial charge on any atom is -0.467 e. The number of nitrogens with zero attached hydrogens (tertiary/aromatic N) is 3. The molecule has 4 rings (SSSR count). The van der Waals surface area contributed by atoms with Gasteiger partial charge >= 0.3 is 0 Å². The molecular weight excluding hydrogens is 368 g/mol. The van der Waals surface area contributed by atoms with Crippen LogP contribution in [0.25, 0.3) is 0 Å². The van der Waals surface area contributed by atoms with Crippen LogP contribution in [0.4, 0.5) is 0 Å².